The maximum Gasteiger partial charge on any atom is 0.319 e. The highest BCUT2D eigenvalue weighted by Gasteiger charge is 2.09. The van der Waals surface area contributed by atoms with E-state index >= 15 is 0 Å². The van der Waals surface area contributed by atoms with Crippen molar-refractivity contribution in [1.82, 2.24) is 10.6 Å². The molecular weight excluding hydrogens is 358 g/mol. The lowest BCUT2D eigenvalue weighted by Gasteiger charge is -2.13. The van der Waals surface area contributed by atoms with E-state index in [1.165, 1.54) is 6.26 Å². The van der Waals surface area contributed by atoms with Gasteiger partial charge in [0.25, 0.3) is 5.91 Å². The minimum Gasteiger partial charge on any atom is -0.489 e. The first-order valence-electron chi connectivity index (χ1n) is 8.84. The zero-order valence-corrected chi connectivity index (χ0v) is 15.2. The zero-order valence-electron chi connectivity index (χ0n) is 15.2. The van der Waals surface area contributed by atoms with E-state index in [1.807, 2.05) is 54.6 Å². The number of nitrogens with one attached hydrogen (secondary N) is 3. The van der Waals surface area contributed by atoms with Crippen molar-refractivity contribution in [1.29, 1.82) is 0 Å². The number of anilines is 1. The number of hydrogen-bond acceptors (Lipinski definition) is 4. The number of carbonyl (C=O) groups excluding carboxylic acids is 2. The van der Waals surface area contributed by atoms with Crippen molar-refractivity contribution in [3.05, 3.63) is 84.3 Å². The molecule has 0 spiro atoms. The number of furan rings is 1. The summed E-state index contributed by atoms with van der Waals surface area (Å²) < 4.78 is 10.7. The number of rotatable bonds is 8. The minimum absolute atomic E-state index is 0.233. The summed E-state index contributed by atoms with van der Waals surface area (Å²) in [5.74, 6) is 0.668. The Bertz CT molecular complexity index is 895. The van der Waals surface area contributed by atoms with Gasteiger partial charge in [-0.2, -0.15) is 0 Å². The molecule has 1 aromatic heterocycles. The second kappa shape index (κ2) is 9.82. The highest BCUT2D eigenvalue weighted by molar-refractivity contribution is 5.91. The Morgan fingerprint density at radius 2 is 1.61 bits per heavy atom. The van der Waals surface area contributed by atoms with E-state index in [0.717, 1.165) is 11.3 Å². The van der Waals surface area contributed by atoms with E-state index < -0.39 is 0 Å². The van der Waals surface area contributed by atoms with Crippen LogP contribution in [-0.2, 0) is 6.61 Å². The maximum atomic E-state index is 12.1. The van der Waals surface area contributed by atoms with E-state index in [2.05, 4.69) is 16.0 Å². The molecule has 0 saturated carbocycles. The molecule has 0 atom stereocenters. The minimum atomic E-state index is -0.362. The molecule has 0 unspecified atom stereocenters. The van der Waals surface area contributed by atoms with Crippen LogP contribution in [0.3, 0.4) is 0 Å². The van der Waals surface area contributed by atoms with Crippen LogP contribution in [0.4, 0.5) is 10.5 Å². The average molecular weight is 379 g/mol. The predicted octanol–water partition coefficient (Wildman–Crippen LogP) is 3.41. The van der Waals surface area contributed by atoms with Crippen LogP contribution in [0.25, 0.3) is 0 Å². The summed E-state index contributed by atoms with van der Waals surface area (Å²) in [6, 6.07) is 19.7. The van der Waals surface area contributed by atoms with Gasteiger partial charge in [0.1, 0.15) is 12.4 Å². The largest absolute Gasteiger partial charge is 0.489 e. The lowest BCUT2D eigenvalue weighted by Crippen LogP contribution is -2.36. The van der Waals surface area contributed by atoms with Gasteiger partial charge in [-0.05, 0) is 30.3 Å². The third-order valence-corrected chi connectivity index (χ3v) is 3.84. The first kappa shape index (κ1) is 19.0. The van der Waals surface area contributed by atoms with E-state index in [1.54, 1.807) is 12.1 Å². The standard InChI is InChI=1S/C21H21N3O4/c25-20(19-11-6-14-27-19)22-12-13-23-21(26)24-18-10-5-4-7-16(18)15-28-17-8-2-1-3-9-17/h1-11,14H,12-13,15H2,(H,22,25)(H2,23,24,26). The summed E-state index contributed by atoms with van der Waals surface area (Å²) in [5.41, 5.74) is 1.52. The predicted molar refractivity (Wildman–Crippen MR) is 105 cm³/mol. The van der Waals surface area contributed by atoms with E-state index in [-0.39, 0.29) is 30.8 Å². The fraction of sp³-hybridized carbons (Fsp3) is 0.143. The topological polar surface area (TPSA) is 92.6 Å². The second-order valence-corrected chi connectivity index (χ2v) is 5.87. The maximum absolute atomic E-state index is 12.1. The third kappa shape index (κ3) is 5.63. The van der Waals surface area contributed by atoms with Crippen molar-refractivity contribution in [3.8, 4) is 5.75 Å². The molecule has 3 N–H and O–H groups in total. The Morgan fingerprint density at radius 3 is 2.39 bits per heavy atom. The highest BCUT2D eigenvalue weighted by Crippen LogP contribution is 2.18. The zero-order chi connectivity index (χ0) is 19.6. The van der Waals surface area contributed by atoms with E-state index in [9.17, 15) is 9.59 Å². The average Bonchev–Trinajstić information content (AvgIpc) is 3.26. The Morgan fingerprint density at radius 1 is 0.857 bits per heavy atom. The molecule has 2 aromatic carbocycles. The first-order valence-corrected chi connectivity index (χ1v) is 8.84. The summed E-state index contributed by atoms with van der Waals surface area (Å²) in [4.78, 5) is 23.8. The molecule has 7 heteroatoms. The number of amides is 3. The van der Waals surface area contributed by atoms with Crippen molar-refractivity contribution in [3.63, 3.8) is 0 Å². The second-order valence-electron chi connectivity index (χ2n) is 5.87. The van der Waals surface area contributed by atoms with Crippen LogP contribution in [0.1, 0.15) is 16.1 Å². The number of hydrogen-bond donors (Lipinski definition) is 3. The SMILES string of the molecule is O=C(NCCNC(=O)c1ccco1)Nc1ccccc1COc1ccccc1. The molecule has 0 fully saturated rings. The number of para-hydroxylation sites is 2. The van der Waals surface area contributed by atoms with Gasteiger partial charge in [-0.25, -0.2) is 4.79 Å². The summed E-state index contributed by atoms with van der Waals surface area (Å²) >= 11 is 0. The Labute approximate surface area is 162 Å². The number of benzene rings is 2. The summed E-state index contributed by atoms with van der Waals surface area (Å²) in [7, 11) is 0. The van der Waals surface area contributed by atoms with Crippen molar-refractivity contribution < 1.29 is 18.7 Å². The van der Waals surface area contributed by atoms with Crippen molar-refractivity contribution >= 4 is 17.6 Å². The van der Waals surface area contributed by atoms with Gasteiger partial charge in [0.2, 0.25) is 0 Å². The van der Waals surface area contributed by atoms with Crippen LogP contribution in [-0.4, -0.2) is 25.0 Å². The lowest BCUT2D eigenvalue weighted by molar-refractivity contribution is 0.0926. The molecule has 0 aliphatic heterocycles. The molecule has 0 bridgehead atoms. The van der Waals surface area contributed by atoms with E-state index in [4.69, 9.17) is 9.15 Å². The Balaban J connectivity index is 1.44. The van der Waals surface area contributed by atoms with Crippen LogP contribution in [0.15, 0.2) is 77.4 Å². The van der Waals surface area contributed by atoms with Gasteiger partial charge >= 0.3 is 6.03 Å². The number of ether oxygens (including phenoxy) is 1. The molecule has 3 rings (SSSR count). The number of carbonyl (C=O) groups is 2. The molecule has 0 aliphatic carbocycles. The highest BCUT2D eigenvalue weighted by atomic mass is 16.5. The van der Waals surface area contributed by atoms with Gasteiger partial charge < -0.3 is 25.1 Å². The molecule has 0 radical (unpaired) electrons. The van der Waals surface area contributed by atoms with Crippen LogP contribution < -0.4 is 20.7 Å². The molecule has 0 saturated heterocycles. The first-order chi connectivity index (χ1) is 13.7. The van der Waals surface area contributed by atoms with Gasteiger partial charge in [0.15, 0.2) is 5.76 Å². The quantitative estimate of drug-likeness (QED) is 0.523. The molecule has 144 valence electrons. The Kier molecular flexibility index (Phi) is 6.67. The molecule has 0 aliphatic rings. The molecule has 28 heavy (non-hydrogen) atoms. The Hall–Kier alpha value is -3.74. The summed E-state index contributed by atoms with van der Waals surface area (Å²) in [5, 5.41) is 8.16. The van der Waals surface area contributed by atoms with Crippen LogP contribution in [0, 0.1) is 0 Å². The normalized spacial score (nSPS) is 10.1. The summed E-state index contributed by atoms with van der Waals surface area (Å²) in [6.45, 7) is 0.895. The van der Waals surface area contributed by atoms with Gasteiger partial charge in [0, 0.05) is 24.3 Å². The van der Waals surface area contributed by atoms with Crippen molar-refractivity contribution in [2.75, 3.05) is 18.4 Å². The third-order valence-electron chi connectivity index (χ3n) is 3.84. The molecule has 7 nitrogen and oxygen atoms in total. The fourth-order valence-electron chi connectivity index (χ4n) is 2.46. The van der Waals surface area contributed by atoms with Crippen molar-refractivity contribution in [2.45, 2.75) is 6.61 Å². The van der Waals surface area contributed by atoms with Crippen LogP contribution in [0.2, 0.25) is 0 Å². The monoisotopic (exact) mass is 379 g/mol. The van der Waals surface area contributed by atoms with Crippen LogP contribution >= 0.6 is 0 Å². The molecule has 3 aromatic rings. The molecule has 1 heterocycles. The number of urea groups is 1. The van der Waals surface area contributed by atoms with Gasteiger partial charge in [-0.15, -0.1) is 0 Å². The van der Waals surface area contributed by atoms with Gasteiger partial charge in [-0.3, -0.25) is 4.79 Å². The molecular formula is C21H21N3O4. The summed E-state index contributed by atoms with van der Waals surface area (Å²) in [6.07, 6.45) is 1.43. The van der Waals surface area contributed by atoms with Gasteiger partial charge in [0.05, 0.1) is 6.26 Å². The smallest absolute Gasteiger partial charge is 0.319 e. The van der Waals surface area contributed by atoms with Crippen LogP contribution in [0.5, 0.6) is 5.75 Å². The lowest BCUT2D eigenvalue weighted by atomic mass is 10.2. The fourth-order valence-corrected chi connectivity index (χ4v) is 2.46. The molecule has 3 amide bonds. The van der Waals surface area contributed by atoms with Gasteiger partial charge in [-0.1, -0.05) is 36.4 Å². The van der Waals surface area contributed by atoms with Crippen molar-refractivity contribution in [2.24, 2.45) is 0 Å². The van der Waals surface area contributed by atoms with E-state index in [0.29, 0.717) is 12.3 Å².